The van der Waals surface area contributed by atoms with Crippen LogP contribution < -0.4 is 0 Å². The van der Waals surface area contributed by atoms with Gasteiger partial charge in [0, 0.05) is 18.8 Å². The first-order valence-electron chi connectivity index (χ1n) is 3.99. The van der Waals surface area contributed by atoms with Crippen LogP contribution in [-0.4, -0.2) is 22.4 Å². The van der Waals surface area contributed by atoms with E-state index in [2.05, 4.69) is 10.1 Å². The van der Waals surface area contributed by atoms with E-state index >= 15 is 0 Å². The van der Waals surface area contributed by atoms with Crippen LogP contribution in [-0.2, 0) is 18.3 Å². The molecule has 1 rings (SSSR count). The minimum absolute atomic E-state index is 0.162. The van der Waals surface area contributed by atoms with Crippen LogP contribution in [0.25, 0.3) is 0 Å². The van der Waals surface area contributed by atoms with Gasteiger partial charge >= 0.3 is 0 Å². The predicted molar refractivity (Wildman–Crippen MR) is 44.9 cm³/mol. The number of halogens is 2. The Hall–Kier alpha value is -1.55. The average Bonchev–Trinajstić information content (AvgIpc) is 2.47. The van der Waals surface area contributed by atoms with Gasteiger partial charge in [0.15, 0.2) is 0 Å². The van der Waals surface area contributed by atoms with E-state index in [1.165, 1.54) is 17.0 Å². The normalized spacial score (nSPS) is 10.3. The van der Waals surface area contributed by atoms with Crippen LogP contribution in [0.4, 0.5) is 8.78 Å². The molecule has 0 amide bonds. The molecule has 0 aliphatic carbocycles. The number of aliphatic imine (C=N–C) groups is 1. The third-order valence-corrected chi connectivity index (χ3v) is 1.70. The number of aryl methyl sites for hydroxylation is 1. The summed E-state index contributed by atoms with van der Waals surface area (Å²) in [5.74, 6) is 0. The zero-order valence-corrected chi connectivity index (χ0v) is 7.57. The van der Waals surface area contributed by atoms with Crippen LogP contribution in [0, 0.1) is 0 Å². The molecule has 6 heteroatoms. The molecule has 1 aromatic rings. The number of rotatable bonds is 4. The molecule has 1 heterocycles. The van der Waals surface area contributed by atoms with Gasteiger partial charge in [0.1, 0.15) is 5.69 Å². The zero-order chi connectivity index (χ0) is 10.6. The second kappa shape index (κ2) is 4.62. The Balaban J connectivity index is 2.78. The maximum Gasteiger partial charge on any atom is 0.282 e. The number of hydrogen-bond donors (Lipinski definition) is 0. The number of carbonyl (C=O) groups excluding carboxylic acids is 1. The van der Waals surface area contributed by atoms with Gasteiger partial charge in [0.2, 0.25) is 6.08 Å². The number of isocyanates is 1. The van der Waals surface area contributed by atoms with Crippen LogP contribution in [0.5, 0.6) is 0 Å². The average molecular weight is 201 g/mol. The Bertz CT molecular complexity index is 355. The first-order valence-corrected chi connectivity index (χ1v) is 3.99. The first kappa shape index (κ1) is 10.5. The van der Waals surface area contributed by atoms with Crippen LogP contribution in [0.15, 0.2) is 11.2 Å². The van der Waals surface area contributed by atoms with Crippen molar-refractivity contribution in [3.8, 4) is 0 Å². The van der Waals surface area contributed by atoms with E-state index in [9.17, 15) is 13.6 Å². The standard InChI is InChI=1S/C8H9F2N3O/c1-13-4-6(2-3-11-5-14)7(12-13)8(9)10/h4,8H,2-3H2,1H3. The lowest BCUT2D eigenvalue weighted by molar-refractivity contribution is 0.144. The van der Waals surface area contributed by atoms with Crippen LogP contribution in [0.1, 0.15) is 17.7 Å². The molecule has 0 fully saturated rings. The van der Waals surface area contributed by atoms with E-state index in [-0.39, 0.29) is 18.7 Å². The van der Waals surface area contributed by atoms with E-state index in [1.54, 1.807) is 7.05 Å². The molecule has 0 spiro atoms. The van der Waals surface area contributed by atoms with E-state index in [0.29, 0.717) is 5.56 Å². The van der Waals surface area contributed by atoms with E-state index in [0.717, 1.165) is 0 Å². The van der Waals surface area contributed by atoms with Crippen molar-refractivity contribution in [3.63, 3.8) is 0 Å². The number of alkyl halides is 2. The van der Waals surface area contributed by atoms with Gasteiger partial charge in [-0.05, 0) is 6.42 Å². The summed E-state index contributed by atoms with van der Waals surface area (Å²) in [5.41, 5.74) is 0.176. The maximum absolute atomic E-state index is 12.4. The number of aromatic nitrogens is 2. The fraction of sp³-hybridized carbons (Fsp3) is 0.500. The molecule has 0 radical (unpaired) electrons. The third kappa shape index (κ3) is 2.47. The summed E-state index contributed by atoms with van der Waals surface area (Å²) in [6, 6.07) is 0. The summed E-state index contributed by atoms with van der Waals surface area (Å²) in [4.78, 5) is 13.0. The summed E-state index contributed by atoms with van der Waals surface area (Å²) in [7, 11) is 1.57. The predicted octanol–water partition coefficient (Wildman–Crippen LogP) is 1.24. The van der Waals surface area contributed by atoms with Crippen molar-refractivity contribution in [1.82, 2.24) is 9.78 Å². The number of hydrogen-bond acceptors (Lipinski definition) is 3. The van der Waals surface area contributed by atoms with Gasteiger partial charge in [0.05, 0.1) is 6.54 Å². The molecule has 4 nitrogen and oxygen atoms in total. The Morgan fingerprint density at radius 1 is 1.71 bits per heavy atom. The lowest BCUT2D eigenvalue weighted by Gasteiger charge is -1.96. The minimum atomic E-state index is -2.59. The third-order valence-electron chi connectivity index (χ3n) is 1.70. The lowest BCUT2D eigenvalue weighted by atomic mass is 10.2. The minimum Gasteiger partial charge on any atom is -0.275 e. The Morgan fingerprint density at radius 2 is 2.43 bits per heavy atom. The molecule has 0 aliphatic heterocycles. The van der Waals surface area contributed by atoms with Crippen molar-refractivity contribution in [2.45, 2.75) is 12.8 Å². The van der Waals surface area contributed by atoms with Crippen molar-refractivity contribution in [2.24, 2.45) is 12.0 Å². The SMILES string of the molecule is Cn1cc(CCN=C=O)c(C(F)F)n1. The summed E-state index contributed by atoms with van der Waals surface area (Å²) >= 11 is 0. The van der Waals surface area contributed by atoms with Gasteiger partial charge in [0.25, 0.3) is 6.43 Å². The van der Waals surface area contributed by atoms with E-state index in [1.807, 2.05) is 0 Å². The van der Waals surface area contributed by atoms with Crippen LogP contribution in [0.3, 0.4) is 0 Å². The van der Waals surface area contributed by atoms with Crippen molar-refractivity contribution in [2.75, 3.05) is 6.54 Å². The highest BCUT2D eigenvalue weighted by Gasteiger charge is 2.16. The highest BCUT2D eigenvalue weighted by atomic mass is 19.3. The highest BCUT2D eigenvalue weighted by Crippen LogP contribution is 2.21. The zero-order valence-electron chi connectivity index (χ0n) is 7.57. The largest absolute Gasteiger partial charge is 0.282 e. The second-order valence-electron chi connectivity index (χ2n) is 2.74. The summed E-state index contributed by atoms with van der Waals surface area (Å²) < 4.78 is 26.1. The van der Waals surface area contributed by atoms with Gasteiger partial charge in [-0.3, -0.25) is 4.68 Å². The van der Waals surface area contributed by atoms with Crippen molar-refractivity contribution >= 4 is 6.08 Å². The highest BCUT2D eigenvalue weighted by molar-refractivity contribution is 5.33. The van der Waals surface area contributed by atoms with Crippen LogP contribution in [0.2, 0.25) is 0 Å². The molecule has 0 aromatic carbocycles. The van der Waals surface area contributed by atoms with E-state index in [4.69, 9.17) is 0 Å². The van der Waals surface area contributed by atoms with Gasteiger partial charge in [-0.15, -0.1) is 0 Å². The molecule has 0 N–H and O–H groups in total. The molecule has 0 saturated heterocycles. The molecule has 0 atom stereocenters. The fourth-order valence-corrected chi connectivity index (χ4v) is 1.15. The molecule has 0 saturated carbocycles. The van der Waals surface area contributed by atoms with Gasteiger partial charge in [-0.25, -0.2) is 18.6 Å². The van der Waals surface area contributed by atoms with Gasteiger partial charge < -0.3 is 0 Å². The molecule has 0 bridgehead atoms. The topological polar surface area (TPSA) is 47.2 Å². The Morgan fingerprint density at radius 3 is 3.00 bits per heavy atom. The van der Waals surface area contributed by atoms with Crippen LogP contribution >= 0.6 is 0 Å². The molecular weight excluding hydrogens is 192 g/mol. The van der Waals surface area contributed by atoms with Gasteiger partial charge in [-0.2, -0.15) is 5.10 Å². The summed E-state index contributed by atoms with van der Waals surface area (Å²) in [5, 5.41) is 3.62. The second-order valence-corrected chi connectivity index (χ2v) is 2.74. The monoisotopic (exact) mass is 201 g/mol. The smallest absolute Gasteiger partial charge is 0.275 e. The molecule has 0 aliphatic rings. The maximum atomic E-state index is 12.4. The van der Waals surface area contributed by atoms with Crippen molar-refractivity contribution in [3.05, 3.63) is 17.5 Å². The molecular formula is C8H9F2N3O. The quantitative estimate of drug-likeness (QED) is 0.543. The molecule has 1 aromatic heterocycles. The first-order chi connectivity index (χ1) is 6.65. The Labute approximate surface area is 79.3 Å². The number of nitrogens with zero attached hydrogens (tertiary/aromatic N) is 3. The van der Waals surface area contributed by atoms with Crippen molar-refractivity contribution < 1.29 is 13.6 Å². The summed E-state index contributed by atoms with van der Waals surface area (Å²) in [6.07, 6.45) is 0.545. The molecule has 14 heavy (non-hydrogen) atoms. The van der Waals surface area contributed by atoms with Gasteiger partial charge in [-0.1, -0.05) is 0 Å². The fourth-order valence-electron chi connectivity index (χ4n) is 1.15. The lowest BCUT2D eigenvalue weighted by Crippen LogP contribution is -1.95. The summed E-state index contributed by atoms with van der Waals surface area (Å²) in [6.45, 7) is 0.162. The van der Waals surface area contributed by atoms with Crippen molar-refractivity contribution in [1.29, 1.82) is 0 Å². The molecule has 76 valence electrons. The Kier molecular flexibility index (Phi) is 3.48. The van der Waals surface area contributed by atoms with E-state index < -0.39 is 6.43 Å². The molecule has 0 unspecified atom stereocenters.